The van der Waals surface area contributed by atoms with Crippen molar-refractivity contribution in [2.45, 2.75) is 162 Å². The first kappa shape index (κ1) is 57.5. The van der Waals surface area contributed by atoms with Gasteiger partial charge in [0.1, 0.15) is 30.8 Å². The number of aliphatic hydroxyl groups excluding tert-OH is 2. The highest BCUT2D eigenvalue weighted by molar-refractivity contribution is 5.97. The van der Waals surface area contributed by atoms with E-state index in [2.05, 4.69) is 34.8 Å². The van der Waals surface area contributed by atoms with Crippen molar-refractivity contribution in [1.82, 2.24) is 21.3 Å². The van der Waals surface area contributed by atoms with Crippen LogP contribution in [0, 0.1) is 34.0 Å². The number of ether oxygens (including phenoxy) is 3. The standard InChI is InChI=1S/C57H78N4O13/c1-31(2)23-39(61-51(69)40(24-36-19-15-13-16-20-36)60-43(63)28-58-49(67)32(3)4)50(68)59-29-44(64)74-47(33(5)37-21-17-14-18-22-37)52(70)73-41-26-57(71)35(7)38-25-54(10,42(62)27-56(12)55(38,11)30-72-56)48(66)46(65)45(34(41)6)53(57,8)9/h13-22,31,33,35,38-42,46-47,62,65,71H,3,23-30H2,1-2,4-12H3,(H,58,67)(H,59,68)(H,60,63)(H,61,69)/t33?,35?,38?,39?,40?,41?,42-,46+,47?,54-,55?,56?,57+/m0/s1. The lowest BCUT2D eigenvalue weighted by Crippen LogP contribution is -2.67. The molecule has 1 aliphatic heterocycles. The Hall–Kier alpha value is -5.75. The van der Waals surface area contributed by atoms with E-state index < -0.39 is 136 Å². The fourth-order valence-corrected chi connectivity index (χ4v) is 12.1. The number of benzene rings is 2. The van der Waals surface area contributed by atoms with Gasteiger partial charge in [0, 0.05) is 41.6 Å². The van der Waals surface area contributed by atoms with Gasteiger partial charge in [-0.15, -0.1) is 0 Å². The molecule has 404 valence electrons. The molecule has 9 unspecified atom stereocenters. The second-order valence-electron chi connectivity index (χ2n) is 23.0. The van der Waals surface area contributed by atoms with Crippen LogP contribution in [0.15, 0.2) is 84.0 Å². The van der Waals surface area contributed by atoms with Crippen molar-refractivity contribution in [3.05, 3.63) is 95.1 Å². The molecule has 6 rings (SSSR count). The van der Waals surface area contributed by atoms with E-state index in [0.29, 0.717) is 23.3 Å². The van der Waals surface area contributed by atoms with Crippen LogP contribution >= 0.6 is 0 Å². The third-order valence-corrected chi connectivity index (χ3v) is 17.3. The van der Waals surface area contributed by atoms with Crippen molar-refractivity contribution in [2.24, 2.45) is 34.0 Å². The van der Waals surface area contributed by atoms with Crippen LogP contribution in [0.5, 0.6) is 0 Å². The summed E-state index contributed by atoms with van der Waals surface area (Å²) in [6, 6.07) is 15.4. The molecule has 4 amide bonds. The Balaban J connectivity index is 1.24. The SMILES string of the molecule is C=C(C)C(=O)NCC(=O)NC(Cc1ccccc1)C(=O)NC(CC(C)C)C(=O)NCC(=O)OC(C(=O)OC1C[C@@]2(O)C(C)C3C[C@](C)(C(=O)[C@H](O)C(=C1C)C2(C)C)[C@@H](O)CC1(C)OCC31C)C(C)c1ccccc1. The average Bonchev–Trinajstić information content (AvgIpc) is 3.38. The predicted octanol–water partition coefficient (Wildman–Crippen LogP) is 4.31. The topological polar surface area (TPSA) is 256 Å². The maximum atomic E-state index is 14.8. The van der Waals surface area contributed by atoms with Crippen molar-refractivity contribution in [3.8, 4) is 0 Å². The van der Waals surface area contributed by atoms with Crippen molar-refractivity contribution < 1.29 is 63.1 Å². The monoisotopic (exact) mass is 1030 g/mol. The van der Waals surface area contributed by atoms with Crippen LogP contribution in [0.4, 0.5) is 0 Å². The molecule has 2 aromatic rings. The van der Waals surface area contributed by atoms with Crippen LogP contribution < -0.4 is 21.3 Å². The predicted molar refractivity (Wildman–Crippen MR) is 274 cm³/mol. The van der Waals surface area contributed by atoms with Crippen LogP contribution in [0.1, 0.15) is 119 Å². The largest absolute Gasteiger partial charge is 0.455 e. The minimum absolute atomic E-state index is 0.0526. The number of Topliss-reactive ketones (excluding diaryl/α,β-unsaturated/α-hetero) is 1. The number of hydrogen-bond acceptors (Lipinski definition) is 13. The van der Waals surface area contributed by atoms with Crippen molar-refractivity contribution in [1.29, 1.82) is 0 Å². The molecule has 2 saturated carbocycles. The quantitative estimate of drug-likeness (QED) is 0.0625. The Labute approximate surface area is 435 Å². The van der Waals surface area contributed by atoms with Crippen LogP contribution in [-0.4, -0.2) is 124 Å². The van der Waals surface area contributed by atoms with Crippen LogP contribution in [0.2, 0.25) is 0 Å². The van der Waals surface area contributed by atoms with E-state index in [-0.39, 0.29) is 49.2 Å². The zero-order valence-electron chi connectivity index (χ0n) is 44.8. The summed E-state index contributed by atoms with van der Waals surface area (Å²) in [5, 5.41) is 47.8. The van der Waals surface area contributed by atoms with Gasteiger partial charge in [0.05, 0.1) is 35.9 Å². The minimum atomic E-state index is -1.78. The number of hydrogen-bond donors (Lipinski definition) is 7. The molecular weight excluding hydrogens is 949 g/mol. The number of ketones is 1. The lowest BCUT2D eigenvalue weighted by Gasteiger charge is -2.63. The number of esters is 2. The summed E-state index contributed by atoms with van der Waals surface area (Å²) in [4.78, 5) is 96.3. The molecule has 74 heavy (non-hydrogen) atoms. The second-order valence-corrected chi connectivity index (χ2v) is 23.0. The number of carbonyl (C=O) groups is 7. The third kappa shape index (κ3) is 11.3. The van der Waals surface area contributed by atoms with Crippen LogP contribution in [-0.2, 0) is 54.2 Å². The van der Waals surface area contributed by atoms with Gasteiger partial charge in [-0.3, -0.25) is 28.8 Å². The summed E-state index contributed by atoms with van der Waals surface area (Å²) in [6.45, 7) is 22.4. The zero-order valence-corrected chi connectivity index (χ0v) is 44.8. The summed E-state index contributed by atoms with van der Waals surface area (Å²) in [6.07, 6.45) is -5.35. The summed E-state index contributed by atoms with van der Waals surface area (Å²) >= 11 is 0. The van der Waals surface area contributed by atoms with Gasteiger partial charge in [0.2, 0.25) is 29.7 Å². The van der Waals surface area contributed by atoms with E-state index >= 15 is 0 Å². The Bertz CT molecular complexity index is 2510. The third-order valence-electron chi connectivity index (χ3n) is 17.3. The molecule has 1 heterocycles. The van der Waals surface area contributed by atoms with E-state index in [0.717, 1.165) is 0 Å². The summed E-state index contributed by atoms with van der Waals surface area (Å²) in [5.41, 5.74) is -3.70. The summed E-state index contributed by atoms with van der Waals surface area (Å²) < 4.78 is 18.4. The van der Waals surface area contributed by atoms with Crippen molar-refractivity contribution in [2.75, 3.05) is 19.7 Å². The van der Waals surface area contributed by atoms with Gasteiger partial charge < -0.3 is 50.8 Å². The highest BCUT2D eigenvalue weighted by atomic mass is 16.6. The molecule has 3 aliphatic carbocycles. The number of carbonyl (C=O) groups excluding carboxylic acids is 7. The molecule has 0 radical (unpaired) electrons. The Morgan fingerprint density at radius 2 is 1.46 bits per heavy atom. The van der Waals surface area contributed by atoms with Gasteiger partial charge in [0.15, 0.2) is 5.78 Å². The van der Waals surface area contributed by atoms with Gasteiger partial charge in [-0.05, 0) is 73.6 Å². The number of nitrogens with one attached hydrogen (secondary N) is 4. The van der Waals surface area contributed by atoms with Gasteiger partial charge >= 0.3 is 11.9 Å². The molecule has 0 aromatic heterocycles. The number of aliphatic hydroxyl groups is 3. The summed E-state index contributed by atoms with van der Waals surface area (Å²) in [7, 11) is 0. The fourth-order valence-electron chi connectivity index (χ4n) is 12.1. The average molecular weight is 1030 g/mol. The van der Waals surface area contributed by atoms with Crippen molar-refractivity contribution in [3.63, 3.8) is 0 Å². The zero-order chi connectivity index (χ0) is 54.9. The van der Waals surface area contributed by atoms with Gasteiger partial charge in [0.25, 0.3) is 0 Å². The van der Waals surface area contributed by atoms with E-state index in [1.165, 1.54) is 6.92 Å². The van der Waals surface area contributed by atoms with Crippen molar-refractivity contribution >= 4 is 41.4 Å². The number of fused-ring (bicyclic) bond motifs is 6. The molecule has 2 aromatic carbocycles. The Morgan fingerprint density at radius 3 is 2.04 bits per heavy atom. The number of amides is 4. The first-order valence-electron chi connectivity index (χ1n) is 25.8. The molecule has 3 fully saturated rings. The second kappa shape index (κ2) is 22.2. The van der Waals surface area contributed by atoms with E-state index in [1.807, 2.05) is 27.7 Å². The van der Waals surface area contributed by atoms with E-state index in [9.17, 15) is 48.9 Å². The maximum absolute atomic E-state index is 14.8. The normalized spacial score (nSPS) is 30.7. The maximum Gasteiger partial charge on any atom is 0.348 e. The van der Waals surface area contributed by atoms with Crippen LogP contribution in [0.3, 0.4) is 0 Å². The molecule has 17 heteroatoms. The Morgan fingerprint density at radius 1 is 0.838 bits per heavy atom. The fraction of sp³-hybridized carbons (Fsp3) is 0.596. The molecular formula is C57H78N4O13. The smallest absolute Gasteiger partial charge is 0.348 e. The molecule has 4 bridgehead atoms. The van der Waals surface area contributed by atoms with E-state index in [1.54, 1.807) is 95.3 Å². The van der Waals surface area contributed by atoms with Crippen LogP contribution in [0.25, 0.3) is 0 Å². The molecule has 13 atom stereocenters. The summed E-state index contributed by atoms with van der Waals surface area (Å²) in [5.74, 6) is -7.11. The Kier molecular flexibility index (Phi) is 17.3. The van der Waals surface area contributed by atoms with Gasteiger partial charge in [-0.2, -0.15) is 0 Å². The highest BCUT2D eigenvalue weighted by Gasteiger charge is 2.70. The minimum Gasteiger partial charge on any atom is -0.455 e. The van der Waals surface area contributed by atoms with E-state index in [4.69, 9.17) is 14.2 Å². The molecule has 7 N–H and O–H groups in total. The molecule has 4 aliphatic rings. The molecule has 1 saturated heterocycles. The van der Waals surface area contributed by atoms with Gasteiger partial charge in [-0.25, -0.2) is 4.79 Å². The lowest BCUT2D eigenvalue weighted by molar-refractivity contribution is -0.292. The highest BCUT2D eigenvalue weighted by Crippen LogP contribution is 2.66. The molecule has 17 nitrogen and oxygen atoms in total. The first-order valence-corrected chi connectivity index (χ1v) is 25.8. The molecule has 0 spiro atoms. The van der Waals surface area contributed by atoms with Gasteiger partial charge in [-0.1, -0.05) is 123 Å². The first-order chi connectivity index (χ1) is 34.5. The lowest BCUT2D eigenvalue weighted by atomic mass is 9.50. The number of rotatable bonds is 18.